The second kappa shape index (κ2) is 4.25. The van der Waals surface area contributed by atoms with Gasteiger partial charge in [0.2, 0.25) is 0 Å². The fraction of sp³-hybridized carbons (Fsp3) is 0. The van der Waals surface area contributed by atoms with Gasteiger partial charge < -0.3 is 10.2 Å². The Morgan fingerprint density at radius 1 is 1.00 bits per heavy atom. The Labute approximate surface area is 96.8 Å². The first-order valence-electron chi connectivity index (χ1n) is 4.90. The average Bonchev–Trinajstić information content (AvgIpc) is 2.30. The third kappa shape index (κ3) is 2.25. The molecule has 0 aliphatic carbocycles. The largest absolute Gasteiger partial charge is 0.508 e. The van der Waals surface area contributed by atoms with Crippen LogP contribution in [0, 0.1) is 5.82 Å². The summed E-state index contributed by atoms with van der Waals surface area (Å²) in [7, 11) is 0. The van der Waals surface area contributed by atoms with Crippen molar-refractivity contribution >= 4 is 5.97 Å². The Balaban J connectivity index is 2.50. The second-order valence-corrected chi connectivity index (χ2v) is 3.55. The number of rotatable bonds is 2. The zero-order chi connectivity index (χ0) is 12.4. The monoisotopic (exact) mass is 232 g/mol. The number of phenolic OH excluding ortho intramolecular Hbond substituents is 1. The van der Waals surface area contributed by atoms with Gasteiger partial charge in [0.25, 0.3) is 0 Å². The molecule has 2 N–H and O–H groups in total. The fourth-order valence-corrected chi connectivity index (χ4v) is 1.52. The van der Waals surface area contributed by atoms with Crippen molar-refractivity contribution in [2.75, 3.05) is 0 Å². The topological polar surface area (TPSA) is 57.5 Å². The lowest BCUT2D eigenvalue weighted by molar-refractivity contribution is 0.0692. The van der Waals surface area contributed by atoms with Gasteiger partial charge in [-0.05, 0) is 35.4 Å². The highest BCUT2D eigenvalue weighted by Gasteiger charge is 2.11. The van der Waals surface area contributed by atoms with Crippen LogP contribution in [0.2, 0.25) is 0 Å². The van der Waals surface area contributed by atoms with E-state index >= 15 is 0 Å². The fourth-order valence-electron chi connectivity index (χ4n) is 1.52. The lowest BCUT2D eigenvalue weighted by Crippen LogP contribution is -2.00. The van der Waals surface area contributed by atoms with Crippen LogP contribution in [0.25, 0.3) is 11.1 Å². The maximum atomic E-state index is 13.2. The van der Waals surface area contributed by atoms with Crippen LogP contribution in [0.3, 0.4) is 0 Å². The summed E-state index contributed by atoms with van der Waals surface area (Å²) in [6, 6.07) is 10.1. The molecule has 0 unspecified atom stereocenters. The maximum absolute atomic E-state index is 13.2. The molecular formula is C13H9FO3. The third-order valence-electron chi connectivity index (χ3n) is 2.40. The van der Waals surface area contributed by atoms with Gasteiger partial charge in [-0.25, -0.2) is 9.18 Å². The van der Waals surface area contributed by atoms with E-state index in [1.807, 2.05) is 0 Å². The maximum Gasteiger partial charge on any atom is 0.338 e. The summed E-state index contributed by atoms with van der Waals surface area (Å²) >= 11 is 0. The molecule has 4 heteroatoms. The van der Waals surface area contributed by atoms with Crippen LogP contribution in [0.15, 0.2) is 42.5 Å². The minimum atomic E-state index is -1.30. The molecule has 0 bridgehead atoms. The van der Waals surface area contributed by atoms with E-state index in [-0.39, 0.29) is 11.3 Å². The second-order valence-electron chi connectivity index (χ2n) is 3.55. The molecule has 0 amide bonds. The van der Waals surface area contributed by atoms with Gasteiger partial charge in [-0.2, -0.15) is 0 Å². The molecule has 86 valence electrons. The van der Waals surface area contributed by atoms with Gasteiger partial charge in [-0.3, -0.25) is 0 Å². The molecule has 0 atom stereocenters. The molecule has 0 heterocycles. The standard InChI is InChI=1S/C13H9FO3/c14-12-6-3-9(7-11(12)13(16)17)8-1-4-10(15)5-2-8/h1-7,15H,(H,16,17). The smallest absolute Gasteiger partial charge is 0.338 e. The van der Waals surface area contributed by atoms with Gasteiger partial charge in [-0.15, -0.1) is 0 Å². The molecule has 0 radical (unpaired) electrons. The number of halogens is 1. The van der Waals surface area contributed by atoms with E-state index in [0.29, 0.717) is 11.1 Å². The quantitative estimate of drug-likeness (QED) is 0.836. The van der Waals surface area contributed by atoms with E-state index in [2.05, 4.69) is 0 Å². The van der Waals surface area contributed by atoms with E-state index in [1.54, 1.807) is 12.1 Å². The number of carboxylic acids is 1. The van der Waals surface area contributed by atoms with E-state index in [4.69, 9.17) is 10.2 Å². The summed E-state index contributed by atoms with van der Waals surface area (Å²) in [5, 5.41) is 17.9. The van der Waals surface area contributed by atoms with Crippen LogP contribution in [0.4, 0.5) is 4.39 Å². The minimum Gasteiger partial charge on any atom is -0.508 e. The molecule has 2 aromatic rings. The third-order valence-corrected chi connectivity index (χ3v) is 2.40. The van der Waals surface area contributed by atoms with Crippen LogP contribution in [0.5, 0.6) is 5.75 Å². The van der Waals surface area contributed by atoms with Crippen molar-refractivity contribution in [2.45, 2.75) is 0 Å². The van der Waals surface area contributed by atoms with E-state index in [9.17, 15) is 9.18 Å². The Morgan fingerprint density at radius 2 is 1.59 bits per heavy atom. The number of carboxylic acid groups (broad SMARTS) is 1. The predicted molar refractivity (Wildman–Crippen MR) is 60.5 cm³/mol. The van der Waals surface area contributed by atoms with Crippen molar-refractivity contribution in [3.8, 4) is 16.9 Å². The molecule has 3 nitrogen and oxygen atoms in total. The highest BCUT2D eigenvalue weighted by Crippen LogP contribution is 2.24. The van der Waals surface area contributed by atoms with E-state index < -0.39 is 11.8 Å². The number of carbonyl (C=O) groups is 1. The highest BCUT2D eigenvalue weighted by atomic mass is 19.1. The average molecular weight is 232 g/mol. The van der Waals surface area contributed by atoms with Gasteiger partial charge >= 0.3 is 5.97 Å². The van der Waals surface area contributed by atoms with Gasteiger partial charge in [0, 0.05) is 0 Å². The number of hydrogen-bond donors (Lipinski definition) is 2. The molecule has 0 saturated carbocycles. The zero-order valence-corrected chi connectivity index (χ0v) is 8.72. The Hall–Kier alpha value is -2.36. The molecule has 0 spiro atoms. The number of aromatic carboxylic acids is 1. The number of hydrogen-bond acceptors (Lipinski definition) is 2. The predicted octanol–water partition coefficient (Wildman–Crippen LogP) is 2.90. The Kier molecular flexibility index (Phi) is 2.78. The summed E-state index contributed by atoms with van der Waals surface area (Å²) in [5.74, 6) is -1.95. The molecule has 0 aliphatic heterocycles. The summed E-state index contributed by atoms with van der Waals surface area (Å²) in [5.41, 5.74) is 0.935. The SMILES string of the molecule is O=C(O)c1cc(-c2ccc(O)cc2)ccc1F. The minimum absolute atomic E-state index is 0.120. The van der Waals surface area contributed by atoms with Crippen molar-refractivity contribution in [2.24, 2.45) is 0 Å². The molecule has 0 aromatic heterocycles. The number of aromatic hydroxyl groups is 1. The van der Waals surface area contributed by atoms with Crippen LogP contribution in [-0.4, -0.2) is 16.2 Å². The first kappa shape index (κ1) is 11.1. The molecule has 0 saturated heterocycles. The van der Waals surface area contributed by atoms with Crippen LogP contribution >= 0.6 is 0 Å². The van der Waals surface area contributed by atoms with Gasteiger partial charge in [0.1, 0.15) is 11.6 Å². The summed E-state index contributed by atoms with van der Waals surface area (Å²) in [6.45, 7) is 0. The number of phenols is 1. The highest BCUT2D eigenvalue weighted by molar-refractivity contribution is 5.89. The number of benzene rings is 2. The molecule has 0 fully saturated rings. The van der Waals surface area contributed by atoms with E-state index in [1.165, 1.54) is 24.3 Å². The van der Waals surface area contributed by atoms with Crippen molar-refractivity contribution in [1.29, 1.82) is 0 Å². The van der Waals surface area contributed by atoms with Crippen molar-refractivity contribution in [3.63, 3.8) is 0 Å². The summed E-state index contributed by atoms with van der Waals surface area (Å²) in [6.07, 6.45) is 0. The van der Waals surface area contributed by atoms with Gasteiger partial charge in [0.15, 0.2) is 0 Å². The zero-order valence-electron chi connectivity index (χ0n) is 8.72. The first-order chi connectivity index (χ1) is 8.08. The van der Waals surface area contributed by atoms with Crippen molar-refractivity contribution in [3.05, 3.63) is 53.8 Å². The van der Waals surface area contributed by atoms with Gasteiger partial charge in [0.05, 0.1) is 5.56 Å². The summed E-state index contributed by atoms with van der Waals surface area (Å²) < 4.78 is 13.2. The lowest BCUT2D eigenvalue weighted by Gasteiger charge is -2.04. The molecule has 2 aromatic carbocycles. The van der Waals surface area contributed by atoms with Crippen LogP contribution < -0.4 is 0 Å². The van der Waals surface area contributed by atoms with E-state index in [0.717, 1.165) is 6.07 Å². The molecule has 2 rings (SSSR count). The lowest BCUT2D eigenvalue weighted by atomic mass is 10.0. The first-order valence-corrected chi connectivity index (χ1v) is 4.90. The van der Waals surface area contributed by atoms with Crippen molar-refractivity contribution in [1.82, 2.24) is 0 Å². The van der Waals surface area contributed by atoms with Crippen molar-refractivity contribution < 1.29 is 19.4 Å². The van der Waals surface area contributed by atoms with Crippen LogP contribution in [-0.2, 0) is 0 Å². The normalized spacial score (nSPS) is 10.2. The Morgan fingerprint density at radius 3 is 2.18 bits per heavy atom. The van der Waals surface area contributed by atoms with Gasteiger partial charge in [-0.1, -0.05) is 18.2 Å². The summed E-state index contributed by atoms with van der Waals surface area (Å²) in [4.78, 5) is 10.8. The molecule has 17 heavy (non-hydrogen) atoms. The molecule has 0 aliphatic rings. The Bertz CT molecular complexity index is 561. The van der Waals surface area contributed by atoms with Crippen LogP contribution in [0.1, 0.15) is 10.4 Å². The molecular weight excluding hydrogens is 223 g/mol.